The zero-order chi connectivity index (χ0) is 18.7. The summed E-state index contributed by atoms with van der Waals surface area (Å²) in [5.74, 6) is -0.572. The van der Waals surface area contributed by atoms with Crippen LogP contribution < -0.4 is 5.32 Å². The van der Waals surface area contributed by atoms with Crippen molar-refractivity contribution >= 4 is 29.1 Å². The monoisotopic (exact) mass is 370 g/mol. The summed E-state index contributed by atoms with van der Waals surface area (Å²) in [5, 5.41) is 14.0. The molecule has 0 atom stereocenters. The predicted molar refractivity (Wildman–Crippen MR) is 96.6 cm³/mol. The minimum atomic E-state index is -0.328. The molecule has 3 aromatic rings. The highest BCUT2D eigenvalue weighted by molar-refractivity contribution is 6.34. The molecule has 0 aliphatic heterocycles. The molecule has 0 unspecified atom stereocenters. The van der Waals surface area contributed by atoms with Gasteiger partial charge < -0.3 is 10.2 Å². The van der Waals surface area contributed by atoms with Gasteiger partial charge in [0.05, 0.1) is 16.3 Å². The van der Waals surface area contributed by atoms with Gasteiger partial charge in [-0.15, -0.1) is 5.10 Å². The van der Waals surface area contributed by atoms with Crippen LogP contribution in [0.4, 0.5) is 5.69 Å². The van der Waals surface area contributed by atoms with Gasteiger partial charge in [0.15, 0.2) is 0 Å². The van der Waals surface area contributed by atoms with Crippen molar-refractivity contribution in [2.75, 3.05) is 19.4 Å². The van der Waals surface area contributed by atoms with Crippen molar-refractivity contribution in [2.24, 2.45) is 0 Å². The summed E-state index contributed by atoms with van der Waals surface area (Å²) in [6, 6.07) is 11.6. The molecule has 8 nitrogen and oxygen atoms in total. The lowest BCUT2D eigenvalue weighted by molar-refractivity contribution is 0.0827. The van der Waals surface area contributed by atoms with Gasteiger partial charge in [-0.1, -0.05) is 17.7 Å². The van der Waals surface area contributed by atoms with Gasteiger partial charge in [-0.25, -0.2) is 4.68 Å². The second kappa shape index (κ2) is 7.32. The van der Waals surface area contributed by atoms with Crippen molar-refractivity contribution in [3.05, 3.63) is 64.9 Å². The highest BCUT2D eigenvalue weighted by Crippen LogP contribution is 2.22. The van der Waals surface area contributed by atoms with Crippen LogP contribution in [0.25, 0.3) is 5.69 Å². The summed E-state index contributed by atoms with van der Waals surface area (Å²) < 4.78 is 1.45. The molecule has 0 bridgehead atoms. The summed E-state index contributed by atoms with van der Waals surface area (Å²) in [6.07, 6.45) is 1.44. The van der Waals surface area contributed by atoms with Crippen LogP contribution in [0.2, 0.25) is 5.02 Å². The van der Waals surface area contributed by atoms with E-state index < -0.39 is 0 Å². The number of carbonyl (C=O) groups excluding carboxylic acids is 2. The number of rotatable bonds is 4. The maximum absolute atomic E-state index is 12.5. The Morgan fingerprint density at radius 3 is 2.65 bits per heavy atom. The Labute approximate surface area is 154 Å². The van der Waals surface area contributed by atoms with Gasteiger partial charge in [-0.3, -0.25) is 9.59 Å². The summed E-state index contributed by atoms with van der Waals surface area (Å²) in [7, 11) is 3.27. The topological polar surface area (TPSA) is 93.0 Å². The van der Waals surface area contributed by atoms with E-state index in [-0.39, 0.29) is 11.8 Å². The number of carbonyl (C=O) groups is 2. The van der Waals surface area contributed by atoms with E-state index in [4.69, 9.17) is 11.6 Å². The van der Waals surface area contributed by atoms with E-state index in [1.807, 2.05) is 0 Å². The Morgan fingerprint density at radius 2 is 1.96 bits per heavy atom. The van der Waals surface area contributed by atoms with Crippen LogP contribution in [0.15, 0.2) is 48.8 Å². The number of hydrogen-bond acceptors (Lipinski definition) is 5. The standard InChI is InChI=1S/C17H15ClN6O2/c1-23(2)17(26)14-9-12(6-7-15(14)18)20-16(25)11-4-3-5-13(8-11)24-10-19-21-22-24/h3-10H,1-2H3,(H,20,25). The van der Waals surface area contributed by atoms with Crippen molar-refractivity contribution in [2.45, 2.75) is 0 Å². The van der Waals surface area contributed by atoms with Crippen molar-refractivity contribution in [1.29, 1.82) is 0 Å². The van der Waals surface area contributed by atoms with Crippen LogP contribution in [0.3, 0.4) is 0 Å². The Hall–Kier alpha value is -3.26. The predicted octanol–water partition coefficient (Wildman–Crippen LogP) is 2.27. The quantitative estimate of drug-likeness (QED) is 0.760. The first-order valence-electron chi connectivity index (χ1n) is 7.61. The van der Waals surface area contributed by atoms with Crippen molar-refractivity contribution in [1.82, 2.24) is 25.1 Å². The van der Waals surface area contributed by atoms with Crippen molar-refractivity contribution in [3.63, 3.8) is 0 Å². The summed E-state index contributed by atoms with van der Waals surface area (Å²) >= 11 is 6.08. The van der Waals surface area contributed by atoms with E-state index in [0.29, 0.717) is 27.5 Å². The van der Waals surface area contributed by atoms with Gasteiger partial charge >= 0.3 is 0 Å². The second-order valence-corrected chi connectivity index (χ2v) is 6.06. The Morgan fingerprint density at radius 1 is 1.15 bits per heavy atom. The van der Waals surface area contributed by atoms with Gasteiger partial charge in [0.25, 0.3) is 11.8 Å². The fraction of sp³-hybridized carbons (Fsp3) is 0.118. The maximum atomic E-state index is 12.5. The minimum absolute atomic E-state index is 0.244. The fourth-order valence-electron chi connectivity index (χ4n) is 2.28. The Kier molecular flexibility index (Phi) is 4.94. The minimum Gasteiger partial charge on any atom is -0.345 e. The van der Waals surface area contributed by atoms with Gasteiger partial charge in [0.2, 0.25) is 0 Å². The zero-order valence-corrected chi connectivity index (χ0v) is 14.8. The molecule has 0 aliphatic carbocycles. The van der Waals surface area contributed by atoms with Crippen LogP contribution >= 0.6 is 11.6 Å². The first-order chi connectivity index (χ1) is 12.5. The smallest absolute Gasteiger partial charge is 0.255 e. The normalized spacial score (nSPS) is 10.4. The third-order valence-corrected chi connectivity index (χ3v) is 3.91. The molecular formula is C17H15ClN6O2. The molecule has 3 rings (SSSR count). The maximum Gasteiger partial charge on any atom is 0.255 e. The van der Waals surface area contributed by atoms with Gasteiger partial charge in [0.1, 0.15) is 6.33 Å². The number of aromatic nitrogens is 4. The first kappa shape index (κ1) is 17.6. The molecule has 2 amide bonds. The number of nitrogens with zero attached hydrogens (tertiary/aromatic N) is 5. The summed E-state index contributed by atoms with van der Waals surface area (Å²) in [5.41, 5.74) is 1.87. The average Bonchev–Trinajstić information content (AvgIpc) is 3.17. The van der Waals surface area contributed by atoms with Gasteiger partial charge in [-0.05, 0) is 46.8 Å². The number of amides is 2. The number of halogens is 1. The Bertz CT molecular complexity index is 956. The van der Waals surface area contributed by atoms with E-state index in [2.05, 4.69) is 20.8 Å². The van der Waals surface area contributed by atoms with Crippen LogP contribution in [-0.2, 0) is 0 Å². The van der Waals surface area contributed by atoms with Crippen LogP contribution in [-0.4, -0.2) is 51.0 Å². The molecule has 9 heteroatoms. The fourth-order valence-corrected chi connectivity index (χ4v) is 2.48. The Balaban J connectivity index is 1.84. The SMILES string of the molecule is CN(C)C(=O)c1cc(NC(=O)c2cccc(-n3cnnn3)c2)ccc1Cl. The number of benzene rings is 2. The molecule has 1 aromatic heterocycles. The van der Waals surface area contributed by atoms with Crippen molar-refractivity contribution in [3.8, 4) is 5.69 Å². The summed E-state index contributed by atoms with van der Waals surface area (Å²) in [6.45, 7) is 0. The molecule has 1 heterocycles. The van der Waals surface area contributed by atoms with E-state index >= 15 is 0 Å². The molecule has 2 aromatic carbocycles. The van der Waals surface area contributed by atoms with Crippen LogP contribution in [0.5, 0.6) is 0 Å². The lowest BCUT2D eigenvalue weighted by atomic mass is 10.1. The van der Waals surface area contributed by atoms with E-state index in [1.165, 1.54) is 15.9 Å². The third kappa shape index (κ3) is 3.70. The molecular weight excluding hydrogens is 356 g/mol. The number of hydrogen-bond donors (Lipinski definition) is 1. The zero-order valence-electron chi connectivity index (χ0n) is 14.0. The highest BCUT2D eigenvalue weighted by Gasteiger charge is 2.15. The molecule has 0 aliphatic rings. The molecule has 0 saturated carbocycles. The molecule has 0 saturated heterocycles. The molecule has 0 fully saturated rings. The number of nitrogens with one attached hydrogen (secondary N) is 1. The van der Waals surface area contributed by atoms with Gasteiger partial charge in [0, 0.05) is 25.3 Å². The van der Waals surface area contributed by atoms with E-state index in [1.54, 1.807) is 56.6 Å². The molecule has 132 valence electrons. The summed E-state index contributed by atoms with van der Waals surface area (Å²) in [4.78, 5) is 26.1. The first-order valence-corrected chi connectivity index (χ1v) is 7.99. The molecule has 1 N–H and O–H groups in total. The van der Waals surface area contributed by atoms with Crippen LogP contribution in [0, 0.1) is 0 Å². The lowest BCUT2D eigenvalue weighted by Crippen LogP contribution is -2.22. The number of tetrazole rings is 1. The largest absolute Gasteiger partial charge is 0.345 e. The second-order valence-electron chi connectivity index (χ2n) is 5.65. The molecule has 26 heavy (non-hydrogen) atoms. The molecule has 0 radical (unpaired) electrons. The molecule has 0 spiro atoms. The van der Waals surface area contributed by atoms with E-state index in [9.17, 15) is 9.59 Å². The van der Waals surface area contributed by atoms with E-state index in [0.717, 1.165) is 0 Å². The average molecular weight is 371 g/mol. The lowest BCUT2D eigenvalue weighted by Gasteiger charge is -2.13. The third-order valence-electron chi connectivity index (χ3n) is 3.58. The van der Waals surface area contributed by atoms with Gasteiger partial charge in [-0.2, -0.15) is 0 Å². The highest BCUT2D eigenvalue weighted by atomic mass is 35.5. The number of anilines is 1. The van der Waals surface area contributed by atoms with Crippen molar-refractivity contribution < 1.29 is 9.59 Å². The van der Waals surface area contributed by atoms with Crippen LogP contribution in [0.1, 0.15) is 20.7 Å².